The van der Waals surface area contributed by atoms with Gasteiger partial charge in [-0.05, 0) is 270 Å². The van der Waals surface area contributed by atoms with E-state index in [2.05, 4.69) is 466 Å². The summed E-state index contributed by atoms with van der Waals surface area (Å²) in [7, 11) is 0. The standard InChI is InChI=1S/2C44H28N2.C40H26N2/c1-3-10-32-24-34(19-17-29(32)8-1)35-21-22-42-41(27-35)40(28-43(46-42)38-20-18-30-9-2-4-11-33(30)25-38)37-14-5-13-36(26-37)39-16-6-12-31-15-7-23-45-44(31)39;1-3-10-34-25-36(19-13-29(34)7-1)37-22-24-43-40(27-37)39(28-44(46-43)38-20-14-30-8-2-4-11-35(30)26-38)31-15-17-33(18-16-31)42-23-21-32-9-5-6-12-41(32)45-42;1-3-9-29-21-32(16-14-27(29)7-1)33-18-19-39-38(24-33)37(34-12-5-11-31(22-34)36-13-6-20-41-26-36)25-40(42-39)35-17-15-28-8-2-4-10-30(28)23-35/h2*1-28H;1-26H. The minimum atomic E-state index is 0.962. The van der Waals surface area contributed by atoms with E-state index in [9.17, 15) is 0 Å². The molecule has 6 heteroatoms. The van der Waals surface area contributed by atoms with Crippen molar-refractivity contribution < 1.29 is 0 Å². The van der Waals surface area contributed by atoms with Crippen LogP contribution in [-0.4, -0.2) is 29.9 Å². The Balaban J connectivity index is 0.000000111. The highest BCUT2D eigenvalue weighted by atomic mass is 14.7. The van der Waals surface area contributed by atoms with Gasteiger partial charge in [0.2, 0.25) is 0 Å². The van der Waals surface area contributed by atoms with Crippen LogP contribution in [0.3, 0.4) is 0 Å². The fraction of sp³-hybridized carbons (Fsp3) is 0. The lowest BCUT2D eigenvalue weighted by molar-refractivity contribution is 1.33. The largest absolute Gasteiger partial charge is 0.264 e. The van der Waals surface area contributed by atoms with Gasteiger partial charge in [0.05, 0.1) is 50.4 Å². The highest BCUT2D eigenvalue weighted by molar-refractivity contribution is 6.06. The van der Waals surface area contributed by atoms with E-state index in [4.69, 9.17) is 24.9 Å². The summed E-state index contributed by atoms with van der Waals surface area (Å²) in [6.45, 7) is 0. The first kappa shape index (κ1) is 79.5. The zero-order valence-corrected chi connectivity index (χ0v) is 73.0. The van der Waals surface area contributed by atoms with E-state index in [1.54, 1.807) is 0 Å². The molecule has 6 aromatic heterocycles. The molecule has 6 nitrogen and oxygen atoms in total. The Hall–Kier alpha value is -17.8. The van der Waals surface area contributed by atoms with Crippen molar-refractivity contribution in [1.29, 1.82) is 0 Å². The third-order valence-electron chi connectivity index (χ3n) is 26.2. The van der Waals surface area contributed by atoms with E-state index in [-0.39, 0.29) is 0 Å². The van der Waals surface area contributed by atoms with Gasteiger partial charge in [0, 0.05) is 78.9 Å². The van der Waals surface area contributed by atoms with Crippen molar-refractivity contribution >= 4 is 119 Å². The van der Waals surface area contributed by atoms with E-state index in [1.165, 1.54) is 98.0 Å². The van der Waals surface area contributed by atoms with Crippen LogP contribution in [-0.2, 0) is 0 Å². The number of hydrogen-bond donors (Lipinski definition) is 0. The van der Waals surface area contributed by atoms with Crippen LogP contribution in [0.1, 0.15) is 0 Å². The van der Waals surface area contributed by atoms with Gasteiger partial charge in [-0.1, -0.05) is 352 Å². The van der Waals surface area contributed by atoms with Crippen molar-refractivity contribution in [3.8, 4) is 134 Å². The lowest BCUT2D eigenvalue weighted by atomic mass is 9.92. The summed E-state index contributed by atoms with van der Waals surface area (Å²) in [6.07, 6.45) is 5.60. The summed E-state index contributed by atoms with van der Waals surface area (Å²) in [6, 6.07) is 171. The van der Waals surface area contributed by atoms with Crippen LogP contribution in [0.4, 0.5) is 0 Å². The van der Waals surface area contributed by atoms with Gasteiger partial charge in [-0.2, -0.15) is 0 Å². The minimum Gasteiger partial charge on any atom is -0.264 e. The van der Waals surface area contributed by atoms with E-state index < -0.39 is 0 Å². The van der Waals surface area contributed by atoms with Crippen LogP contribution in [0.5, 0.6) is 0 Å². The Morgan fingerprint density at radius 2 is 0.425 bits per heavy atom. The Labute approximate surface area is 775 Å². The van der Waals surface area contributed by atoms with Crippen molar-refractivity contribution in [3.63, 3.8) is 0 Å². The van der Waals surface area contributed by atoms with Crippen LogP contribution in [0.25, 0.3) is 253 Å². The van der Waals surface area contributed by atoms with E-state index >= 15 is 0 Å². The molecule has 0 bridgehead atoms. The van der Waals surface area contributed by atoms with Gasteiger partial charge < -0.3 is 0 Å². The fourth-order valence-electron chi connectivity index (χ4n) is 19.2. The topological polar surface area (TPSA) is 77.3 Å². The van der Waals surface area contributed by atoms with E-state index in [0.29, 0.717) is 0 Å². The maximum Gasteiger partial charge on any atom is 0.0780 e. The molecule has 624 valence electrons. The molecule has 0 saturated carbocycles. The molecule has 0 radical (unpaired) electrons. The van der Waals surface area contributed by atoms with Gasteiger partial charge in [-0.15, -0.1) is 0 Å². The molecule has 26 aromatic rings. The van der Waals surface area contributed by atoms with Crippen LogP contribution in [0.15, 0.2) is 498 Å². The first-order valence-electron chi connectivity index (χ1n) is 45.5. The second-order valence-electron chi connectivity index (χ2n) is 34.5. The molecule has 0 unspecified atom stereocenters. The Morgan fingerprint density at radius 1 is 0.134 bits per heavy atom. The van der Waals surface area contributed by atoms with Crippen molar-refractivity contribution in [2.75, 3.05) is 0 Å². The van der Waals surface area contributed by atoms with Gasteiger partial charge in [0.15, 0.2) is 0 Å². The molecule has 0 aliphatic rings. The summed E-state index contributed by atoms with van der Waals surface area (Å²) in [4.78, 5) is 29.7. The maximum atomic E-state index is 5.23. The second-order valence-corrected chi connectivity index (χ2v) is 34.5. The Kier molecular flexibility index (Phi) is 20.6. The quantitative estimate of drug-likeness (QED) is 0.121. The van der Waals surface area contributed by atoms with Gasteiger partial charge in [-0.3, -0.25) is 9.97 Å². The maximum absolute atomic E-state index is 5.23. The highest BCUT2D eigenvalue weighted by Crippen LogP contribution is 2.44. The van der Waals surface area contributed by atoms with Crippen LogP contribution >= 0.6 is 0 Å². The average Bonchev–Trinajstić information content (AvgIpc) is 0.764. The predicted octanol–water partition coefficient (Wildman–Crippen LogP) is 34.1. The first-order chi connectivity index (χ1) is 66.3. The number of nitrogens with zero attached hydrogens (tertiary/aromatic N) is 6. The lowest BCUT2D eigenvalue weighted by Crippen LogP contribution is -1.92. The van der Waals surface area contributed by atoms with Gasteiger partial charge in [0.1, 0.15) is 0 Å². The average molecular weight is 1700 g/mol. The van der Waals surface area contributed by atoms with Crippen LogP contribution in [0.2, 0.25) is 0 Å². The number of pyridine rings is 6. The van der Waals surface area contributed by atoms with Crippen LogP contribution in [0, 0.1) is 0 Å². The molecule has 0 amide bonds. The molecule has 134 heavy (non-hydrogen) atoms. The fourth-order valence-corrected chi connectivity index (χ4v) is 19.2. The monoisotopic (exact) mass is 1700 g/mol. The molecular formula is C128H82N6. The van der Waals surface area contributed by atoms with Gasteiger partial charge in [-0.25, -0.2) is 19.9 Å². The number of aromatic nitrogens is 6. The smallest absolute Gasteiger partial charge is 0.0780 e. The van der Waals surface area contributed by atoms with Crippen molar-refractivity contribution in [1.82, 2.24) is 29.9 Å². The molecule has 26 rings (SSSR count). The molecule has 0 aliphatic carbocycles. The Bertz CT molecular complexity index is 9090. The number of hydrogen-bond acceptors (Lipinski definition) is 6. The van der Waals surface area contributed by atoms with Crippen molar-refractivity contribution in [2.24, 2.45) is 0 Å². The molecule has 0 fully saturated rings. The van der Waals surface area contributed by atoms with Gasteiger partial charge in [0.25, 0.3) is 0 Å². The molecule has 0 atom stereocenters. The predicted molar refractivity (Wildman–Crippen MR) is 564 cm³/mol. The number of fused-ring (bicyclic) bond motifs is 11. The Morgan fingerprint density at radius 3 is 0.858 bits per heavy atom. The van der Waals surface area contributed by atoms with E-state index in [1.807, 2.05) is 36.8 Å². The SMILES string of the molecule is c1cc(-c2cc(-c3ccc4ccccc4c3)nc3ccc(-c4ccc5ccccc5c4)cc23)cc(-c2cccc3cccnc23)c1.c1ccc2cc(-c3ccc4nc(-c5ccc6ccccc6c5)cc(-c5ccc(-c6ccc7ccccc7n6)cc5)c4c3)ccc2c1.c1cncc(-c2cccc(-c3cc(-c4ccc5ccccc5c4)nc4ccc(-c5ccc6ccccc6c5)cc34)c2)c1. The minimum absolute atomic E-state index is 0.962. The van der Waals surface area contributed by atoms with Crippen molar-refractivity contribution in [2.45, 2.75) is 0 Å². The number of rotatable bonds is 12. The lowest BCUT2D eigenvalue weighted by Gasteiger charge is -2.14. The third-order valence-corrected chi connectivity index (χ3v) is 26.2. The summed E-state index contributed by atoms with van der Waals surface area (Å²) in [5, 5.41) is 20.4. The van der Waals surface area contributed by atoms with Gasteiger partial charge >= 0.3 is 0 Å². The zero-order valence-electron chi connectivity index (χ0n) is 73.0. The summed E-state index contributed by atoms with van der Waals surface area (Å²) >= 11 is 0. The summed E-state index contributed by atoms with van der Waals surface area (Å²) in [5.74, 6) is 0. The molecule has 6 heterocycles. The third kappa shape index (κ3) is 15.8. The van der Waals surface area contributed by atoms with E-state index in [0.717, 1.165) is 155 Å². The van der Waals surface area contributed by atoms with Crippen LogP contribution < -0.4 is 0 Å². The number of para-hydroxylation sites is 2. The molecule has 0 aliphatic heterocycles. The molecule has 0 spiro atoms. The molecule has 0 saturated heterocycles. The normalized spacial score (nSPS) is 11.4. The number of benzene rings is 20. The summed E-state index contributed by atoms with van der Waals surface area (Å²) < 4.78 is 0. The summed E-state index contributed by atoms with van der Waals surface area (Å²) in [5.41, 5.74) is 31.8. The second kappa shape index (κ2) is 34.6. The zero-order chi connectivity index (χ0) is 88.8. The first-order valence-corrected chi connectivity index (χ1v) is 45.5. The molecule has 20 aromatic carbocycles. The molecular weight excluding hydrogens is 1620 g/mol. The highest BCUT2D eigenvalue weighted by Gasteiger charge is 2.20. The van der Waals surface area contributed by atoms with Crippen molar-refractivity contribution in [3.05, 3.63) is 498 Å². The molecule has 0 N–H and O–H groups in total.